The van der Waals surface area contributed by atoms with Gasteiger partial charge in [0.05, 0.1) is 17.1 Å². The summed E-state index contributed by atoms with van der Waals surface area (Å²) in [6, 6.07) is 2.81. The van der Waals surface area contributed by atoms with Crippen LogP contribution in [0.5, 0.6) is 0 Å². The van der Waals surface area contributed by atoms with Gasteiger partial charge in [0.25, 0.3) is 0 Å². The Kier molecular flexibility index (Phi) is 4.95. The molecule has 21 heavy (non-hydrogen) atoms. The minimum Gasteiger partial charge on any atom is -1.00 e. The van der Waals surface area contributed by atoms with Crippen LogP contribution in [-0.4, -0.2) is 37.7 Å². The van der Waals surface area contributed by atoms with Crippen LogP contribution in [0.25, 0.3) is 11.0 Å². The van der Waals surface area contributed by atoms with Crippen molar-refractivity contribution in [2.24, 2.45) is 0 Å². The number of fused-ring (bicyclic) bond motifs is 1. The van der Waals surface area contributed by atoms with E-state index in [9.17, 15) is 20.3 Å². The average molecular weight is 303 g/mol. The predicted molar refractivity (Wildman–Crippen MR) is 68.2 cm³/mol. The van der Waals surface area contributed by atoms with Gasteiger partial charge in [-0.1, -0.05) is 0 Å². The van der Waals surface area contributed by atoms with Crippen molar-refractivity contribution in [3.05, 3.63) is 27.8 Å². The molecule has 9 heteroatoms. The summed E-state index contributed by atoms with van der Waals surface area (Å²) in [5.41, 5.74) is 0.595. The second-order valence-corrected chi connectivity index (χ2v) is 4.98. The molecule has 2 unspecified atom stereocenters. The van der Waals surface area contributed by atoms with E-state index in [0.29, 0.717) is 18.4 Å². The molecule has 2 aromatic rings. The Morgan fingerprint density at radius 1 is 1.24 bits per heavy atom. The van der Waals surface area contributed by atoms with Gasteiger partial charge in [-0.2, -0.15) is 0 Å². The van der Waals surface area contributed by atoms with Gasteiger partial charge in [-0.15, -0.1) is 0 Å². The van der Waals surface area contributed by atoms with Crippen molar-refractivity contribution < 1.29 is 50.7 Å². The van der Waals surface area contributed by atoms with Crippen LogP contribution in [-0.2, 0) is 0 Å². The second kappa shape index (κ2) is 6.37. The van der Waals surface area contributed by atoms with Crippen LogP contribution in [0.2, 0.25) is 0 Å². The Labute approximate surface area is 143 Å². The van der Waals surface area contributed by atoms with Gasteiger partial charge in [0, 0.05) is 12.0 Å². The molecule has 0 aliphatic heterocycles. The van der Waals surface area contributed by atoms with Crippen LogP contribution in [0.1, 0.15) is 32.2 Å². The molecule has 8 nitrogen and oxygen atoms in total. The van der Waals surface area contributed by atoms with E-state index in [1.165, 1.54) is 12.1 Å². The molecule has 1 aliphatic rings. The molecule has 0 bridgehead atoms. The summed E-state index contributed by atoms with van der Waals surface area (Å²) >= 11 is 0. The molecule has 1 saturated carbocycles. The zero-order chi connectivity index (χ0) is 14.3. The van der Waals surface area contributed by atoms with Gasteiger partial charge in [0.2, 0.25) is 5.52 Å². The van der Waals surface area contributed by atoms with E-state index >= 15 is 0 Å². The van der Waals surface area contributed by atoms with Crippen LogP contribution in [0.4, 0.5) is 5.69 Å². The maximum Gasteiger partial charge on any atom is 1.00 e. The molecule has 1 heterocycles. The summed E-state index contributed by atoms with van der Waals surface area (Å²) in [6.45, 7) is 0. The number of hydrogen-bond acceptors (Lipinski definition) is 7. The van der Waals surface area contributed by atoms with Gasteiger partial charge in [-0.25, -0.2) is 4.63 Å². The fourth-order valence-electron chi connectivity index (χ4n) is 2.86. The van der Waals surface area contributed by atoms with E-state index < -0.39 is 23.0 Å². The van der Waals surface area contributed by atoms with Gasteiger partial charge in [0.1, 0.15) is 5.52 Å². The van der Waals surface area contributed by atoms with E-state index in [1.54, 1.807) is 0 Å². The first-order valence-corrected chi connectivity index (χ1v) is 6.35. The topological polar surface area (TPSA) is 123 Å². The van der Waals surface area contributed by atoms with Crippen molar-refractivity contribution in [1.29, 1.82) is 0 Å². The molecular formula is C12H14N3NaO5. The molecule has 0 saturated heterocycles. The summed E-state index contributed by atoms with van der Waals surface area (Å²) in [4.78, 5) is 10.4. The third kappa shape index (κ3) is 2.82. The summed E-state index contributed by atoms with van der Waals surface area (Å²) < 4.78 is 4.59. The molecule has 1 aromatic carbocycles. The van der Waals surface area contributed by atoms with Crippen LogP contribution in [0.15, 0.2) is 16.8 Å². The van der Waals surface area contributed by atoms with Gasteiger partial charge in [-0.3, -0.25) is 10.1 Å². The van der Waals surface area contributed by atoms with Crippen molar-refractivity contribution in [2.75, 3.05) is 0 Å². The maximum absolute atomic E-state index is 10.9. The number of benzene rings is 1. The molecule has 0 radical (unpaired) electrons. The first kappa shape index (κ1) is 16.3. The molecule has 3 rings (SSSR count). The van der Waals surface area contributed by atoms with Crippen LogP contribution >= 0.6 is 0 Å². The van der Waals surface area contributed by atoms with Crippen molar-refractivity contribution >= 4 is 16.7 Å². The Morgan fingerprint density at radius 3 is 2.48 bits per heavy atom. The molecular weight excluding hydrogens is 289 g/mol. The van der Waals surface area contributed by atoms with Crippen LogP contribution in [0, 0.1) is 10.1 Å². The fraction of sp³-hybridized carbons (Fsp3) is 0.500. The molecule has 1 aromatic heterocycles. The Balaban J connectivity index is 0.00000121. The number of aliphatic hydroxyl groups is 2. The number of nitro benzene ring substituents is 1. The summed E-state index contributed by atoms with van der Waals surface area (Å²) in [5.74, 6) is -0.529. The van der Waals surface area contributed by atoms with E-state index in [1.807, 2.05) is 0 Å². The van der Waals surface area contributed by atoms with Crippen molar-refractivity contribution in [3.8, 4) is 0 Å². The summed E-state index contributed by atoms with van der Waals surface area (Å²) in [7, 11) is 0. The minimum atomic E-state index is -0.708. The summed E-state index contributed by atoms with van der Waals surface area (Å²) in [6.07, 6.45) is 0.475. The van der Waals surface area contributed by atoms with Crippen LogP contribution in [0.3, 0.4) is 0 Å². The number of nitrogens with zero attached hydrogens (tertiary/aromatic N) is 3. The molecule has 0 amide bonds. The Hall–Kier alpha value is -1.06. The number of non-ortho nitro benzene ring substituents is 1. The number of aliphatic hydroxyl groups excluding tert-OH is 2. The van der Waals surface area contributed by atoms with Crippen molar-refractivity contribution in [3.63, 3.8) is 0 Å². The SMILES string of the molecule is O=[N+]([O-])c1ccc(C2C(O)CCCC2O)c2nonc12.[H-].[Na+]. The average Bonchev–Trinajstić information content (AvgIpc) is 2.87. The normalized spacial score (nSPS) is 25.5. The number of nitro groups is 1. The zero-order valence-electron chi connectivity index (χ0n) is 12.5. The second-order valence-electron chi connectivity index (χ2n) is 4.98. The molecule has 1 aliphatic carbocycles. The van der Waals surface area contributed by atoms with E-state index in [0.717, 1.165) is 6.42 Å². The fourth-order valence-corrected chi connectivity index (χ4v) is 2.86. The maximum atomic E-state index is 10.9. The monoisotopic (exact) mass is 303 g/mol. The number of rotatable bonds is 2. The minimum absolute atomic E-state index is 0. The Morgan fingerprint density at radius 2 is 1.86 bits per heavy atom. The predicted octanol–water partition coefficient (Wildman–Crippen LogP) is -1.76. The standard InChI is InChI=1S/C12H13N3O5.Na.H/c16-8-2-1-3-9(17)10(8)6-4-5-7(15(18)19)12-11(6)13-20-14-12;;/h4-5,8-10,16-17H,1-3H2;;/q;+1;-1. The first-order chi connectivity index (χ1) is 9.59. The summed E-state index contributed by atoms with van der Waals surface area (Å²) in [5, 5.41) is 38.4. The Bertz CT molecular complexity index is 657. The smallest absolute Gasteiger partial charge is 1.00 e. The zero-order valence-corrected chi connectivity index (χ0v) is 13.5. The number of aromatic nitrogens is 2. The largest absolute Gasteiger partial charge is 1.00 e. The molecule has 2 atom stereocenters. The van der Waals surface area contributed by atoms with E-state index in [2.05, 4.69) is 14.9 Å². The number of hydrogen-bond donors (Lipinski definition) is 2. The van der Waals surface area contributed by atoms with Gasteiger partial charge < -0.3 is 11.6 Å². The van der Waals surface area contributed by atoms with Gasteiger partial charge in [0.15, 0.2) is 0 Å². The molecule has 0 spiro atoms. The third-order valence-corrected chi connectivity index (χ3v) is 3.81. The van der Waals surface area contributed by atoms with Crippen molar-refractivity contribution in [1.82, 2.24) is 10.3 Å². The van der Waals surface area contributed by atoms with Crippen LogP contribution < -0.4 is 29.6 Å². The van der Waals surface area contributed by atoms with Gasteiger partial charge >= 0.3 is 35.2 Å². The quantitative estimate of drug-likeness (QED) is 0.382. The first-order valence-electron chi connectivity index (χ1n) is 6.35. The van der Waals surface area contributed by atoms with Crippen molar-refractivity contribution in [2.45, 2.75) is 37.4 Å². The molecule has 2 N–H and O–H groups in total. The van der Waals surface area contributed by atoms with Gasteiger partial charge in [-0.05, 0) is 41.2 Å². The molecule has 108 valence electrons. The third-order valence-electron chi connectivity index (χ3n) is 3.81. The van der Waals surface area contributed by atoms with E-state index in [-0.39, 0.29) is 47.7 Å². The molecule has 1 fully saturated rings. The van der Waals surface area contributed by atoms with E-state index in [4.69, 9.17) is 0 Å².